The molecule has 0 spiro atoms. The van der Waals surface area contributed by atoms with Gasteiger partial charge in [0.15, 0.2) is 0 Å². The highest BCUT2D eigenvalue weighted by molar-refractivity contribution is 5.89. The predicted molar refractivity (Wildman–Crippen MR) is 77.1 cm³/mol. The fourth-order valence-corrected chi connectivity index (χ4v) is 2.72. The molecule has 1 aliphatic heterocycles. The second kappa shape index (κ2) is 5.61. The molecular formula is C15H22N2O2. The Morgan fingerprint density at radius 2 is 1.95 bits per heavy atom. The van der Waals surface area contributed by atoms with Crippen LogP contribution in [0.3, 0.4) is 0 Å². The lowest BCUT2D eigenvalue weighted by Gasteiger charge is -2.36. The van der Waals surface area contributed by atoms with Crippen molar-refractivity contribution < 1.29 is 9.90 Å². The summed E-state index contributed by atoms with van der Waals surface area (Å²) < 4.78 is 0. The topological polar surface area (TPSA) is 43.8 Å². The average molecular weight is 262 g/mol. The van der Waals surface area contributed by atoms with E-state index in [0.29, 0.717) is 11.6 Å². The number of carbonyl (C=O) groups is 1. The minimum Gasteiger partial charge on any atom is -0.478 e. The molecule has 0 unspecified atom stereocenters. The van der Waals surface area contributed by atoms with Crippen LogP contribution in [0.1, 0.15) is 28.8 Å². The van der Waals surface area contributed by atoms with Crippen molar-refractivity contribution in [2.75, 3.05) is 32.1 Å². The van der Waals surface area contributed by atoms with Crippen molar-refractivity contribution in [1.29, 1.82) is 0 Å². The Kier molecular flexibility index (Phi) is 4.10. The summed E-state index contributed by atoms with van der Waals surface area (Å²) >= 11 is 0. The van der Waals surface area contributed by atoms with Crippen LogP contribution in [-0.4, -0.2) is 49.2 Å². The maximum absolute atomic E-state index is 11.0. The van der Waals surface area contributed by atoms with Gasteiger partial charge in [0.25, 0.3) is 0 Å². The Morgan fingerprint density at radius 3 is 2.42 bits per heavy atom. The van der Waals surface area contributed by atoms with E-state index in [-0.39, 0.29) is 0 Å². The number of rotatable bonds is 3. The van der Waals surface area contributed by atoms with Crippen molar-refractivity contribution >= 4 is 11.7 Å². The molecule has 0 saturated carbocycles. The van der Waals surface area contributed by atoms with Crippen molar-refractivity contribution in [3.8, 4) is 0 Å². The van der Waals surface area contributed by atoms with Gasteiger partial charge >= 0.3 is 5.97 Å². The first-order valence-corrected chi connectivity index (χ1v) is 6.74. The lowest BCUT2D eigenvalue weighted by Crippen LogP contribution is -2.42. The van der Waals surface area contributed by atoms with Crippen molar-refractivity contribution in [2.24, 2.45) is 0 Å². The highest BCUT2D eigenvalue weighted by Gasteiger charge is 2.21. The molecule has 0 atom stereocenters. The van der Waals surface area contributed by atoms with Gasteiger partial charge < -0.3 is 14.9 Å². The molecule has 1 aromatic carbocycles. The first kappa shape index (κ1) is 13.9. The molecular weight excluding hydrogens is 240 g/mol. The molecule has 1 N–H and O–H groups in total. The zero-order chi connectivity index (χ0) is 14.0. The molecule has 1 fully saturated rings. The van der Waals surface area contributed by atoms with Crippen molar-refractivity contribution in [2.45, 2.75) is 25.8 Å². The number of carboxylic acids is 1. The number of anilines is 1. The van der Waals surface area contributed by atoms with Gasteiger partial charge in [-0.15, -0.1) is 0 Å². The molecule has 4 heteroatoms. The van der Waals surface area contributed by atoms with Gasteiger partial charge in [0.1, 0.15) is 0 Å². The maximum atomic E-state index is 11.0. The molecule has 0 radical (unpaired) electrons. The van der Waals surface area contributed by atoms with E-state index in [4.69, 9.17) is 5.11 Å². The van der Waals surface area contributed by atoms with Gasteiger partial charge in [-0.25, -0.2) is 4.79 Å². The highest BCUT2D eigenvalue weighted by atomic mass is 16.4. The minimum atomic E-state index is -0.852. The number of carboxylic acid groups (broad SMARTS) is 1. The van der Waals surface area contributed by atoms with Crippen LogP contribution in [0.15, 0.2) is 18.2 Å². The summed E-state index contributed by atoms with van der Waals surface area (Å²) in [6.07, 6.45) is 2.32. The normalized spacial score (nSPS) is 16.9. The van der Waals surface area contributed by atoms with Gasteiger partial charge in [0.2, 0.25) is 0 Å². The van der Waals surface area contributed by atoms with Crippen LogP contribution in [0.5, 0.6) is 0 Å². The first-order chi connectivity index (χ1) is 8.99. The minimum absolute atomic E-state index is 0.395. The summed E-state index contributed by atoms with van der Waals surface area (Å²) in [5.41, 5.74) is 2.37. The van der Waals surface area contributed by atoms with Crippen LogP contribution in [0.4, 0.5) is 5.69 Å². The van der Waals surface area contributed by atoms with Crippen molar-refractivity contribution in [3.05, 3.63) is 29.3 Å². The van der Waals surface area contributed by atoms with E-state index >= 15 is 0 Å². The van der Waals surface area contributed by atoms with Crippen LogP contribution in [0.25, 0.3) is 0 Å². The smallest absolute Gasteiger partial charge is 0.335 e. The standard InChI is InChI=1S/C15H22N2O2/c1-11-10-13(4-5-14(11)15(18)19)17-8-6-12(7-9-17)16(2)3/h4-5,10,12H,6-9H2,1-3H3,(H,18,19). The number of nitrogens with zero attached hydrogens (tertiary/aromatic N) is 2. The monoisotopic (exact) mass is 262 g/mol. The summed E-state index contributed by atoms with van der Waals surface area (Å²) in [6.45, 7) is 3.93. The quantitative estimate of drug-likeness (QED) is 0.907. The zero-order valence-corrected chi connectivity index (χ0v) is 11.9. The maximum Gasteiger partial charge on any atom is 0.335 e. The molecule has 1 aliphatic rings. The van der Waals surface area contributed by atoms with Crippen LogP contribution >= 0.6 is 0 Å². The molecule has 4 nitrogen and oxygen atoms in total. The SMILES string of the molecule is Cc1cc(N2CCC(N(C)C)CC2)ccc1C(=O)O. The van der Waals surface area contributed by atoms with Gasteiger partial charge in [-0.3, -0.25) is 0 Å². The molecule has 1 aromatic rings. The first-order valence-electron chi connectivity index (χ1n) is 6.74. The summed E-state index contributed by atoms with van der Waals surface area (Å²) in [6, 6.07) is 6.28. The van der Waals surface area contributed by atoms with E-state index in [1.165, 1.54) is 0 Å². The third kappa shape index (κ3) is 3.07. The van der Waals surface area contributed by atoms with Crippen LogP contribution in [-0.2, 0) is 0 Å². The molecule has 1 saturated heterocycles. The van der Waals surface area contributed by atoms with E-state index in [0.717, 1.165) is 37.2 Å². The third-order valence-corrected chi connectivity index (χ3v) is 4.00. The number of aryl methyl sites for hydroxylation is 1. The molecule has 1 heterocycles. The molecule has 0 amide bonds. The number of piperidine rings is 1. The Labute approximate surface area is 114 Å². The van der Waals surface area contributed by atoms with Crippen LogP contribution in [0.2, 0.25) is 0 Å². The molecule has 0 aliphatic carbocycles. The molecule has 0 bridgehead atoms. The summed E-state index contributed by atoms with van der Waals surface area (Å²) in [5, 5.41) is 9.04. The highest BCUT2D eigenvalue weighted by Crippen LogP contribution is 2.24. The number of hydrogen-bond donors (Lipinski definition) is 1. The zero-order valence-electron chi connectivity index (χ0n) is 11.9. The van der Waals surface area contributed by atoms with Crippen LogP contribution < -0.4 is 4.90 Å². The Hall–Kier alpha value is -1.55. The van der Waals surface area contributed by atoms with Gasteiger partial charge in [-0.05, 0) is 57.6 Å². The molecule has 0 aromatic heterocycles. The fourth-order valence-electron chi connectivity index (χ4n) is 2.72. The second-order valence-electron chi connectivity index (χ2n) is 5.49. The fraction of sp³-hybridized carbons (Fsp3) is 0.533. The number of hydrogen-bond acceptors (Lipinski definition) is 3. The summed E-state index contributed by atoms with van der Waals surface area (Å²) in [7, 11) is 4.26. The van der Waals surface area contributed by atoms with Gasteiger partial charge in [0.05, 0.1) is 5.56 Å². The predicted octanol–water partition coefficient (Wildman–Crippen LogP) is 2.22. The van der Waals surface area contributed by atoms with Gasteiger partial charge in [0, 0.05) is 24.8 Å². The van der Waals surface area contributed by atoms with Crippen LogP contribution in [0, 0.1) is 6.92 Å². The summed E-state index contributed by atoms with van der Waals surface area (Å²) in [5.74, 6) is -0.852. The lowest BCUT2D eigenvalue weighted by molar-refractivity contribution is 0.0696. The van der Waals surface area contributed by atoms with Gasteiger partial charge in [-0.1, -0.05) is 0 Å². The Bertz CT molecular complexity index is 463. The number of benzene rings is 1. The van der Waals surface area contributed by atoms with Gasteiger partial charge in [-0.2, -0.15) is 0 Å². The van der Waals surface area contributed by atoms with Crippen molar-refractivity contribution in [3.63, 3.8) is 0 Å². The average Bonchev–Trinajstić information content (AvgIpc) is 2.38. The van der Waals surface area contributed by atoms with E-state index < -0.39 is 5.97 Å². The number of aromatic carboxylic acids is 1. The third-order valence-electron chi connectivity index (χ3n) is 4.00. The van der Waals surface area contributed by atoms with E-state index in [1.54, 1.807) is 6.07 Å². The van der Waals surface area contributed by atoms with E-state index in [9.17, 15) is 4.79 Å². The Morgan fingerprint density at radius 1 is 1.32 bits per heavy atom. The molecule has 2 rings (SSSR count). The lowest BCUT2D eigenvalue weighted by atomic mass is 10.0. The molecule has 19 heavy (non-hydrogen) atoms. The van der Waals surface area contributed by atoms with Crippen molar-refractivity contribution in [1.82, 2.24) is 4.90 Å². The summed E-state index contributed by atoms with van der Waals surface area (Å²) in [4.78, 5) is 15.6. The van der Waals surface area contributed by atoms with E-state index in [1.807, 2.05) is 19.1 Å². The Balaban J connectivity index is 2.08. The largest absolute Gasteiger partial charge is 0.478 e. The second-order valence-corrected chi connectivity index (χ2v) is 5.49. The molecule has 104 valence electrons. The van der Waals surface area contributed by atoms with E-state index in [2.05, 4.69) is 23.9 Å².